The highest BCUT2D eigenvalue weighted by molar-refractivity contribution is 9.09. The van der Waals surface area contributed by atoms with Gasteiger partial charge >= 0.3 is 11.9 Å². The number of hydrogen-bond acceptors (Lipinski definition) is 4. The SMILES string of the molecule is C=C(C)C(=O)OCC(C)OC(=O)CBr. The molecular weight excluding hydrogens is 252 g/mol. The molecule has 0 radical (unpaired) electrons. The molecular formula is C9H13BrO4. The fourth-order valence-electron chi connectivity index (χ4n) is 0.606. The first kappa shape index (κ1) is 13.2. The summed E-state index contributed by atoms with van der Waals surface area (Å²) in [5.41, 5.74) is 0.323. The number of carbonyl (C=O) groups excluding carboxylic acids is 2. The van der Waals surface area contributed by atoms with Gasteiger partial charge < -0.3 is 9.47 Å². The van der Waals surface area contributed by atoms with Crippen LogP contribution in [0.1, 0.15) is 13.8 Å². The molecule has 0 aliphatic carbocycles. The van der Waals surface area contributed by atoms with Gasteiger partial charge in [-0.1, -0.05) is 22.5 Å². The smallest absolute Gasteiger partial charge is 0.333 e. The van der Waals surface area contributed by atoms with Crippen LogP contribution in [0, 0.1) is 0 Å². The van der Waals surface area contributed by atoms with Gasteiger partial charge in [0.1, 0.15) is 18.0 Å². The molecule has 0 aliphatic rings. The Morgan fingerprint density at radius 2 is 2.07 bits per heavy atom. The molecule has 0 N–H and O–H groups in total. The zero-order valence-corrected chi connectivity index (χ0v) is 9.80. The van der Waals surface area contributed by atoms with Crippen LogP contribution in [0.2, 0.25) is 0 Å². The third-order valence-corrected chi connectivity index (χ3v) is 1.70. The van der Waals surface area contributed by atoms with Gasteiger partial charge in [0.15, 0.2) is 0 Å². The minimum Gasteiger partial charge on any atom is -0.458 e. The van der Waals surface area contributed by atoms with Crippen molar-refractivity contribution in [3.8, 4) is 0 Å². The van der Waals surface area contributed by atoms with Crippen LogP contribution in [0.5, 0.6) is 0 Å². The summed E-state index contributed by atoms with van der Waals surface area (Å²) in [5, 5.41) is 0.131. The predicted molar refractivity (Wildman–Crippen MR) is 55.1 cm³/mol. The number of ether oxygens (including phenoxy) is 2. The van der Waals surface area contributed by atoms with Crippen molar-refractivity contribution < 1.29 is 19.1 Å². The Morgan fingerprint density at radius 1 is 1.50 bits per heavy atom. The van der Waals surface area contributed by atoms with Gasteiger partial charge in [-0.05, 0) is 13.8 Å². The van der Waals surface area contributed by atoms with Crippen molar-refractivity contribution in [3.05, 3.63) is 12.2 Å². The Kier molecular flexibility index (Phi) is 6.19. The molecule has 0 aromatic rings. The Bertz CT molecular complexity index is 237. The van der Waals surface area contributed by atoms with E-state index in [9.17, 15) is 9.59 Å². The standard InChI is InChI=1S/C9H13BrO4/c1-6(2)9(12)13-5-7(3)14-8(11)4-10/h7H,1,4-5H2,2-3H3. The number of hydrogen-bond donors (Lipinski definition) is 0. The molecule has 0 saturated heterocycles. The number of rotatable bonds is 5. The van der Waals surface area contributed by atoms with Crippen LogP contribution < -0.4 is 0 Å². The van der Waals surface area contributed by atoms with E-state index in [4.69, 9.17) is 9.47 Å². The summed E-state index contributed by atoms with van der Waals surface area (Å²) >= 11 is 2.95. The average molecular weight is 265 g/mol. The van der Waals surface area contributed by atoms with Crippen LogP contribution in [0.4, 0.5) is 0 Å². The van der Waals surface area contributed by atoms with E-state index in [2.05, 4.69) is 22.5 Å². The van der Waals surface area contributed by atoms with Crippen molar-refractivity contribution in [2.45, 2.75) is 20.0 Å². The highest BCUT2D eigenvalue weighted by atomic mass is 79.9. The first-order chi connectivity index (χ1) is 6.47. The topological polar surface area (TPSA) is 52.6 Å². The Hall–Kier alpha value is -0.840. The van der Waals surface area contributed by atoms with Crippen molar-refractivity contribution in [3.63, 3.8) is 0 Å². The van der Waals surface area contributed by atoms with Crippen molar-refractivity contribution in [2.24, 2.45) is 0 Å². The first-order valence-corrected chi connectivity index (χ1v) is 5.17. The fourth-order valence-corrected chi connectivity index (χ4v) is 0.738. The van der Waals surface area contributed by atoms with Crippen LogP contribution in [0.25, 0.3) is 0 Å². The molecule has 0 heterocycles. The highest BCUT2D eigenvalue weighted by Gasteiger charge is 2.11. The third-order valence-electron chi connectivity index (χ3n) is 1.24. The number of esters is 2. The molecule has 0 aromatic heterocycles. The summed E-state index contributed by atoms with van der Waals surface area (Å²) in [4.78, 5) is 21.7. The van der Waals surface area contributed by atoms with Crippen LogP contribution in [0.3, 0.4) is 0 Å². The molecule has 0 rings (SSSR count). The lowest BCUT2D eigenvalue weighted by molar-refractivity contribution is -0.153. The molecule has 0 aromatic carbocycles. The van der Waals surface area contributed by atoms with Gasteiger partial charge in [0, 0.05) is 5.57 Å². The molecule has 0 spiro atoms. The maximum atomic E-state index is 10.9. The maximum Gasteiger partial charge on any atom is 0.333 e. The van der Waals surface area contributed by atoms with E-state index in [1.807, 2.05) is 0 Å². The van der Waals surface area contributed by atoms with E-state index >= 15 is 0 Å². The Labute approximate surface area is 91.4 Å². The molecule has 1 atom stereocenters. The van der Waals surface area contributed by atoms with E-state index in [1.165, 1.54) is 0 Å². The molecule has 0 bridgehead atoms. The maximum absolute atomic E-state index is 10.9. The molecule has 4 nitrogen and oxygen atoms in total. The van der Waals surface area contributed by atoms with E-state index in [0.29, 0.717) is 5.57 Å². The van der Waals surface area contributed by atoms with Gasteiger partial charge in [0.2, 0.25) is 0 Å². The normalized spacial score (nSPS) is 11.6. The predicted octanol–water partition coefficient (Wildman–Crippen LogP) is 1.43. The molecule has 5 heteroatoms. The summed E-state index contributed by atoms with van der Waals surface area (Å²) in [5.74, 6) is -0.865. The van der Waals surface area contributed by atoms with Gasteiger partial charge in [-0.25, -0.2) is 4.79 Å². The van der Waals surface area contributed by atoms with Crippen molar-refractivity contribution in [1.82, 2.24) is 0 Å². The molecule has 0 saturated carbocycles. The summed E-state index contributed by atoms with van der Waals surface area (Å²) in [6.45, 7) is 6.66. The minimum atomic E-state index is -0.480. The molecule has 0 aliphatic heterocycles. The Morgan fingerprint density at radius 3 is 2.50 bits per heavy atom. The third kappa shape index (κ3) is 5.75. The second kappa shape index (κ2) is 6.59. The second-order valence-corrected chi connectivity index (χ2v) is 3.37. The number of halogens is 1. The van der Waals surface area contributed by atoms with Gasteiger partial charge in [-0.15, -0.1) is 0 Å². The van der Waals surface area contributed by atoms with Crippen LogP contribution in [-0.2, 0) is 19.1 Å². The largest absolute Gasteiger partial charge is 0.458 e. The second-order valence-electron chi connectivity index (χ2n) is 2.81. The molecule has 0 amide bonds. The fraction of sp³-hybridized carbons (Fsp3) is 0.556. The van der Waals surface area contributed by atoms with E-state index in [-0.39, 0.29) is 17.9 Å². The number of carbonyl (C=O) groups is 2. The monoisotopic (exact) mass is 264 g/mol. The lowest BCUT2D eigenvalue weighted by atomic mass is 10.3. The molecule has 1 unspecified atom stereocenters. The zero-order chi connectivity index (χ0) is 11.1. The summed E-state index contributed by atoms with van der Waals surface area (Å²) < 4.78 is 9.62. The van der Waals surface area contributed by atoms with Gasteiger partial charge in [-0.2, -0.15) is 0 Å². The molecule has 0 fully saturated rings. The molecule has 80 valence electrons. The van der Waals surface area contributed by atoms with Crippen LogP contribution in [-0.4, -0.2) is 30.0 Å². The van der Waals surface area contributed by atoms with Gasteiger partial charge in [0.05, 0.1) is 0 Å². The summed E-state index contributed by atoms with van der Waals surface area (Å²) in [7, 11) is 0. The quantitative estimate of drug-likeness (QED) is 0.428. The minimum absolute atomic E-state index is 0.0461. The lowest BCUT2D eigenvalue weighted by Gasteiger charge is -2.12. The van der Waals surface area contributed by atoms with Crippen molar-refractivity contribution in [1.29, 1.82) is 0 Å². The number of alkyl halides is 1. The Balaban J connectivity index is 3.74. The zero-order valence-electron chi connectivity index (χ0n) is 8.21. The van der Waals surface area contributed by atoms with Gasteiger partial charge in [-0.3, -0.25) is 4.79 Å². The van der Waals surface area contributed by atoms with Crippen LogP contribution in [0.15, 0.2) is 12.2 Å². The van der Waals surface area contributed by atoms with Crippen molar-refractivity contribution >= 4 is 27.9 Å². The highest BCUT2D eigenvalue weighted by Crippen LogP contribution is 1.98. The molecule has 14 heavy (non-hydrogen) atoms. The van der Waals surface area contributed by atoms with Crippen molar-refractivity contribution in [2.75, 3.05) is 11.9 Å². The van der Waals surface area contributed by atoms with Gasteiger partial charge in [0.25, 0.3) is 0 Å². The van der Waals surface area contributed by atoms with E-state index in [0.717, 1.165) is 0 Å². The lowest BCUT2D eigenvalue weighted by Crippen LogP contribution is -2.22. The van der Waals surface area contributed by atoms with E-state index in [1.54, 1.807) is 13.8 Å². The summed E-state index contributed by atoms with van der Waals surface area (Å²) in [6, 6.07) is 0. The summed E-state index contributed by atoms with van der Waals surface area (Å²) in [6.07, 6.45) is -0.441. The average Bonchev–Trinajstić information content (AvgIpc) is 2.13. The van der Waals surface area contributed by atoms with Crippen LogP contribution >= 0.6 is 15.9 Å². The van der Waals surface area contributed by atoms with E-state index < -0.39 is 12.1 Å². The first-order valence-electron chi connectivity index (χ1n) is 4.05.